The average Bonchev–Trinajstić information content (AvgIpc) is 2.28. The van der Waals surface area contributed by atoms with E-state index in [-0.39, 0.29) is 0 Å². The quantitative estimate of drug-likeness (QED) is 0.813. The van der Waals surface area contributed by atoms with E-state index in [2.05, 4.69) is 43.0 Å². The van der Waals surface area contributed by atoms with Crippen LogP contribution in [0.3, 0.4) is 0 Å². The van der Waals surface area contributed by atoms with Crippen LogP contribution in [0.15, 0.2) is 0 Å². The van der Waals surface area contributed by atoms with Crippen molar-refractivity contribution < 1.29 is 4.74 Å². The summed E-state index contributed by atoms with van der Waals surface area (Å²) in [6, 6.07) is 0. The highest BCUT2D eigenvalue weighted by Crippen LogP contribution is 2.26. The second kappa shape index (κ2) is 6.42. The van der Waals surface area contributed by atoms with Crippen LogP contribution < -0.4 is 15.8 Å². The zero-order valence-electron chi connectivity index (χ0n) is 11.9. The lowest BCUT2D eigenvalue weighted by Gasteiger charge is -2.14. The van der Waals surface area contributed by atoms with Crippen LogP contribution in [0.1, 0.15) is 33.5 Å². The molecule has 3 N–H and O–H groups in total. The normalized spacial score (nSPS) is 11.1. The number of anilines is 2. The van der Waals surface area contributed by atoms with E-state index < -0.39 is 0 Å². The lowest BCUT2D eigenvalue weighted by atomic mass is 10.1. The molecule has 18 heavy (non-hydrogen) atoms. The van der Waals surface area contributed by atoms with Gasteiger partial charge in [0.05, 0.1) is 6.61 Å². The highest BCUT2D eigenvalue weighted by molar-refractivity contribution is 5.66. The number of rotatable bonds is 6. The van der Waals surface area contributed by atoms with E-state index in [1.165, 1.54) is 0 Å². The number of aromatic nitrogens is 2. The highest BCUT2D eigenvalue weighted by Gasteiger charge is 2.13. The van der Waals surface area contributed by atoms with Gasteiger partial charge >= 0.3 is 0 Å². The largest absolute Gasteiger partial charge is 0.476 e. The van der Waals surface area contributed by atoms with Gasteiger partial charge in [0.1, 0.15) is 11.5 Å². The van der Waals surface area contributed by atoms with E-state index in [4.69, 9.17) is 10.5 Å². The van der Waals surface area contributed by atoms with Crippen LogP contribution in [0.4, 0.5) is 11.5 Å². The summed E-state index contributed by atoms with van der Waals surface area (Å²) in [5.41, 5.74) is 6.44. The van der Waals surface area contributed by atoms with Crippen molar-refractivity contribution in [3.63, 3.8) is 0 Å². The molecule has 0 spiro atoms. The van der Waals surface area contributed by atoms with E-state index in [1.807, 2.05) is 0 Å². The third-order valence-corrected chi connectivity index (χ3v) is 2.34. The maximum absolute atomic E-state index is 5.97. The SMILES string of the molecule is CNc1nc(CC(C)C)nc(OCC(C)C)c1N. The summed E-state index contributed by atoms with van der Waals surface area (Å²) in [5, 5.41) is 2.98. The molecule has 0 aromatic carbocycles. The van der Waals surface area contributed by atoms with Crippen molar-refractivity contribution in [1.29, 1.82) is 0 Å². The van der Waals surface area contributed by atoms with Crippen LogP contribution in [0.5, 0.6) is 5.88 Å². The first kappa shape index (κ1) is 14.5. The Kier molecular flexibility index (Phi) is 5.19. The van der Waals surface area contributed by atoms with Gasteiger partial charge in [-0.15, -0.1) is 0 Å². The van der Waals surface area contributed by atoms with Gasteiger partial charge in [0.25, 0.3) is 0 Å². The molecule has 1 aromatic rings. The molecule has 0 unspecified atom stereocenters. The molecule has 0 bridgehead atoms. The van der Waals surface area contributed by atoms with Crippen LogP contribution in [-0.4, -0.2) is 23.6 Å². The smallest absolute Gasteiger partial charge is 0.242 e. The summed E-state index contributed by atoms with van der Waals surface area (Å²) < 4.78 is 5.65. The molecule has 0 amide bonds. The monoisotopic (exact) mass is 252 g/mol. The molecule has 0 atom stereocenters. The molecule has 5 nitrogen and oxygen atoms in total. The molecular weight excluding hydrogens is 228 g/mol. The number of hydrogen-bond acceptors (Lipinski definition) is 5. The Morgan fingerprint density at radius 2 is 1.83 bits per heavy atom. The van der Waals surface area contributed by atoms with E-state index in [0.717, 1.165) is 12.2 Å². The molecule has 1 rings (SSSR count). The van der Waals surface area contributed by atoms with Gasteiger partial charge in [0.2, 0.25) is 5.88 Å². The van der Waals surface area contributed by atoms with Crippen LogP contribution in [0, 0.1) is 11.8 Å². The molecule has 102 valence electrons. The molecular formula is C13H24N4O. The Labute approximate surface area is 109 Å². The fourth-order valence-corrected chi connectivity index (χ4v) is 1.50. The minimum atomic E-state index is 0.436. The van der Waals surface area contributed by atoms with Gasteiger partial charge in [0.15, 0.2) is 5.82 Å². The van der Waals surface area contributed by atoms with E-state index >= 15 is 0 Å². The van der Waals surface area contributed by atoms with Gasteiger partial charge < -0.3 is 15.8 Å². The highest BCUT2D eigenvalue weighted by atomic mass is 16.5. The predicted octanol–water partition coefficient (Wildman–Crippen LogP) is 2.33. The molecule has 0 fully saturated rings. The maximum atomic E-state index is 5.97. The van der Waals surface area contributed by atoms with Crippen molar-refractivity contribution in [1.82, 2.24) is 9.97 Å². The maximum Gasteiger partial charge on any atom is 0.242 e. The molecule has 5 heteroatoms. The first-order chi connectivity index (χ1) is 8.43. The molecule has 0 saturated heterocycles. The van der Waals surface area contributed by atoms with Crippen LogP contribution >= 0.6 is 0 Å². The van der Waals surface area contributed by atoms with E-state index in [0.29, 0.717) is 35.8 Å². The molecule has 0 aliphatic heterocycles. The third-order valence-electron chi connectivity index (χ3n) is 2.34. The molecule has 0 aliphatic rings. The Bertz CT molecular complexity index is 391. The number of nitrogens with two attached hydrogens (primary N) is 1. The predicted molar refractivity (Wildman–Crippen MR) is 74.9 cm³/mol. The van der Waals surface area contributed by atoms with Crippen molar-refractivity contribution in [2.45, 2.75) is 34.1 Å². The Morgan fingerprint density at radius 3 is 2.33 bits per heavy atom. The van der Waals surface area contributed by atoms with Crippen molar-refractivity contribution in [2.24, 2.45) is 11.8 Å². The first-order valence-corrected chi connectivity index (χ1v) is 6.41. The summed E-state index contributed by atoms with van der Waals surface area (Å²) in [5.74, 6) is 2.82. The average molecular weight is 252 g/mol. The summed E-state index contributed by atoms with van der Waals surface area (Å²) in [6.07, 6.45) is 0.812. The molecule has 0 saturated carbocycles. The fraction of sp³-hybridized carbons (Fsp3) is 0.692. The number of nitrogens with zero attached hydrogens (tertiary/aromatic N) is 2. The molecule has 0 aliphatic carbocycles. The van der Waals surface area contributed by atoms with Gasteiger partial charge in [0, 0.05) is 13.5 Å². The van der Waals surface area contributed by atoms with Gasteiger partial charge in [-0.2, -0.15) is 4.98 Å². The van der Waals surface area contributed by atoms with Crippen molar-refractivity contribution >= 4 is 11.5 Å². The van der Waals surface area contributed by atoms with Gasteiger partial charge in [-0.05, 0) is 11.8 Å². The van der Waals surface area contributed by atoms with Gasteiger partial charge in [-0.3, -0.25) is 0 Å². The molecule has 1 aromatic heterocycles. The second-order valence-electron chi connectivity index (χ2n) is 5.26. The van der Waals surface area contributed by atoms with Crippen molar-refractivity contribution in [3.05, 3.63) is 5.82 Å². The van der Waals surface area contributed by atoms with Crippen LogP contribution in [0.2, 0.25) is 0 Å². The zero-order chi connectivity index (χ0) is 13.7. The zero-order valence-corrected chi connectivity index (χ0v) is 11.9. The summed E-state index contributed by atoms with van der Waals surface area (Å²) in [4.78, 5) is 8.79. The summed E-state index contributed by atoms with van der Waals surface area (Å²) in [6.45, 7) is 9.04. The topological polar surface area (TPSA) is 73.1 Å². The number of nitrogens with one attached hydrogen (secondary N) is 1. The third kappa shape index (κ3) is 4.05. The number of nitrogen functional groups attached to an aromatic ring is 1. The first-order valence-electron chi connectivity index (χ1n) is 6.41. The summed E-state index contributed by atoms with van der Waals surface area (Å²) >= 11 is 0. The van der Waals surface area contributed by atoms with E-state index in [1.54, 1.807) is 7.05 Å². The molecule has 1 heterocycles. The van der Waals surface area contributed by atoms with Crippen molar-refractivity contribution in [3.8, 4) is 5.88 Å². The Balaban J connectivity index is 2.98. The Morgan fingerprint density at radius 1 is 1.17 bits per heavy atom. The standard InChI is InChI=1S/C13H24N4O/c1-8(2)6-10-16-12(15-5)11(14)13(17-10)18-7-9(3)4/h8-9H,6-7,14H2,1-5H3,(H,15,16,17). The number of ether oxygens (including phenoxy) is 1. The number of hydrogen-bond donors (Lipinski definition) is 2. The minimum Gasteiger partial charge on any atom is -0.476 e. The molecule has 0 radical (unpaired) electrons. The van der Waals surface area contributed by atoms with Gasteiger partial charge in [-0.25, -0.2) is 4.98 Å². The van der Waals surface area contributed by atoms with Gasteiger partial charge in [-0.1, -0.05) is 27.7 Å². The second-order valence-corrected chi connectivity index (χ2v) is 5.26. The van der Waals surface area contributed by atoms with Crippen LogP contribution in [0.25, 0.3) is 0 Å². The fourth-order valence-electron chi connectivity index (χ4n) is 1.50. The lowest BCUT2D eigenvalue weighted by molar-refractivity contribution is 0.261. The summed E-state index contributed by atoms with van der Waals surface area (Å²) in [7, 11) is 1.80. The van der Waals surface area contributed by atoms with Crippen LogP contribution in [-0.2, 0) is 6.42 Å². The lowest BCUT2D eigenvalue weighted by Crippen LogP contribution is -2.12. The van der Waals surface area contributed by atoms with Crippen molar-refractivity contribution in [2.75, 3.05) is 24.7 Å². The van der Waals surface area contributed by atoms with E-state index in [9.17, 15) is 0 Å². The Hall–Kier alpha value is -1.52. The minimum absolute atomic E-state index is 0.436.